The maximum Gasteiger partial charge on any atom is 0.307 e. The Kier molecular flexibility index (Phi) is 7.36. The molecule has 7 heteroatoms. The first kappa shape index (κ1) is 15.8. The van der Waals surface area contributed by atoms with E-state index in [4.69, 9.17) is 5.11 Å². The molecule has 0 aliphatic carbocycles. The van der Waals surface area contributed by atoms with E-state index in [1.54, 1.807) is 0 Å². The first-order chi connectivity index (χ1) is 7.86. The molecule has 2 unspecified atom stereocenters. The van der Waals surface area contributed by atoms with Crippen molar-refractivity contribution < 1.29 is 28.2 Å². The van der Waals surface area contributed by atoms with E-state index in [9.17, 15) is 18.4 Å². The highest BCUT2D eigenvalue weighted by atomic mass is 19.3. The molecule has 1 amide bonds. The van der Waals surface area contributed by atoms with E-state index in [-0.39, 0.29) is 13.2 Å². The zero-order valence-corrected chi connectivity index (χ0v) is 9.78. The van der Waals surface area contributed by atoms with Crippen LogP contribution in [0.1, 0.15) is 13.8 Å². The second kappa shape index (κ2) is 7.94. The van der Waals surface area contributed by atoms with Gasteiger partial charge in [0.2, 0.25) is 5.91 Å². The third-order valence-electron chi connectivity index (χ3n) is 2.34. The number of amides is 1. The number of ether oxygens (including phenoxy) is 1. The van der Waals surface area contributed by atoms with Gasteiger partial charge in [-0.1, -0.05) is 13.8 Å². The number of alkyl halides is 2. The molecule has 17 heavy (non-hydrogen) atoms. The SMILES string of the molecule is CC(C(=O)O)C(C)C(=O)NCCOCC(F)F. The van der Waals surface area contributed by atoms with Crippen molar-refractivity contribution in [3.63, 3.8) is 0 Å². The number of halogens is 2. The Morgan fingerprint density at radius 1 is 1.29 bits per heavy atom. The molecule has 0 aromatic carbocycles. The van der Waals surface area contributed by atoms with Crippen molar-refractivity contribution in [1.29, 1.82) is 0 Å². The van der Waals surface area contributed by atoms with Crippen molar-refractivity contribution in [3.8, 4) is 0 Å². The van der Waals surface area contributed by atoms with E-state index in [1.807, 2.05) is 0 Å². The third kappa shape index (κ3) is 6.83. The second-order valence-corrected chi connectivity index (χ2v) is 3.67. The summed E-state index contributed by atoms with van der Waals surface area (Å²) in [4.78, 5) is 22.0. The molecule has 0 aromatic rings. The number of carboxylic acids is 1. The lowest BCUT2D eigenvalue weighted by atomic mass is 9.95. The van der Waals surface area contributed by atoms with Crippen molar-refractivity contribution in [3.05, 3.63) is 0 Å². The molecule has 0 bridgehead atoms. The lowest BCUT2D eigenvalue weighted by Gasteiger charge is -2.15. The van der Waals surface area contributed by atoms with Crippen LogP contribution in [0.5, 0.6) is 0 Å². The highest BCUT2D eigenvalue weighted by Crippen LogP contribution is 2.10. The van der Waals surface area contributed by atoms with Gasteiger partial charge in [-0.05, 0) is 0 Å². The highest BCUT2D eigenvalue weighted by molar-refractivity contribution is 5.84. The van der Waals surface area contributed by atoms with Crippen LogP contribution in [0.3, 0.4) is 0 Å². The number of aliphatic carboxylic acids is 1. The quantitative estimate of drug-likeness (QED) is 0.626. The molecule has 2 atom stereocenters. The number of carbonyl (C=O) groups is 2. The van der Waals surface area contributed by atoms with Crippen molar-refractivity contribution in [2.45, 2.75) is 20.3 Å². The Hall–Kier alpha value is -1.24. The van der Waals surface area contributed by atoms with Gasteiger partial charge < -0.3 is 15.2 Å². The van der Waals surface area contributed by atoms with E-state index >= 15 is 0 Å². The van der Waals surface area contributed by atoms with Crippen LogP contribution in [-0.2, 0) is 14.3 Å². The van der Waals surface area contributed by atoms with Gasteiger partial charge in [0.15, 0.2) is 0 Å². The van der Waals surface area contributed by atoms with Gasteiger partial charge in [-0.2, -0.15) is 0 Å². The summed E-state index contributed by atoms with van der Waals surface area (Å²) in [6, 6.07) is 0. The van der Waals surface area contributed by atoms with Gasteiger partial charge in [0.1, 0.15) is 6.61 Å². The minimum atomic E-state index is -2.53. The van der Waals surface area contributed by atoms with Gasteiger partial charge in [-0.15, -0.1) is 0 Å². The van der Waals surface area contributed by atoms with Gasteiger partial charge in [-0.3, -0.25) is 9.59 Å². The normalized spacial score (nSPS) is 14.4. The molecule has 0 aliphatic heterocycles. The van der Waals surface area contributed by atoms with Crippen LogP contribution < -0.4 is 5.32 Å². The fourth-order valence-electron chi connectivity index (χ4n) is 1.02. The summed E-state index contributed by atoms with van der Waals surface area (Å²) in [7, 11) is 0. The average molecular weight is 253 g/mol. The summed E-state index contributed by atoms with van der Waals surface area (Å²) in [6.45, 7) is 2.32. The molecule has 5 nitrogen and oxygen atoms in total. The van der Waals surface area contributed by atoms with E-state index in [1.165, 1.54) is 13.8 Å². The predicted molar refractivity (Wildman–Crippen MR) is 55.8 cm³/mol. The van der Waals surface area contributed by atoms with Crippen LogP contribution in [-0.4, -0.2) is 43.2 Å². The topological polar surface area (TPSA) is 75.6 Å². The number of hydrogen-bond acceptors (Lipinski definition) is 3. The minimum Gasteiger partial charge on any atom is -0.481 e. The van der Waals surface area contributed by atoms with Crippen LogP contribution in [0, 0.1) is 11.8 Å². The van der Waals surface area contributed by atoms with Gasteiger partial charge in [0, 0.05) is 12.5 Å². The Bertz CT molecular complexity index is 261. The molecule has 0 heterocycles. The highest BCUT2D eigenvalue weighted by Gasteiger charge is 2.25. The molecule has 0 saturated carbocycles. The van der Waals surface area contributed by atoms with Crippen LogP contribution in [0.4, 0.5) is 8.78 Å². The third-order valence-corrected chi connectivity index (χ3v) is 2.34. The molecule has 0 aliphatic rings. The number of carboxylic acid groups (broad SMARTS) is 1. The minimum absolute atomic E-state index is 0.0236. The van der Waals surface area contributed by atoms with Crippen LogP contribution in [0.2, 0.25) is 0 Å². The summed E-state index contributed by atoms with van der Waals surface area (Å²) in [5, 5.41) is 11.1. The van der Waals surface area contributed by atoms with Crippen molar-refractivity contribution in [2.75, 3.05) is 19.8 Å². The fourth-order valence-corrected chi connectivity index (χ4v) is 1.02. The van der Waals surface area contributed by atoms with E-state index in [0.717, 1.165) is 0 Å². The summed E-state index contributed by atoms with van der Waals surface area (Å²) in [5.41, 5.74) is 0. The second-order valence-electron chi connectivity index (χ2n) is 3.67. The number of hydrogen-bond donors (Lipinski definition) is 2. The molecule has 0 radical (unpaired) electrons. The Balaban J connectivity index is 3.75. The van der Waals surface area contributed by atoms with Crippen molar-refractivity contribution >= 4 is 11.9 Å². The molecule has 0 rings (SSSR count). The predicted octanol–water partition coefficient (Wildman–Crippen LogP) is 0.741. The number of nitrogens with one attached hydrogen (secondary N) is 1. The molecule has 0 fully saturated rings. The monoisotopic (exact) mass is 253 g/mol. The van der Waals surface area contributed by atoms with E-state index < -0.39 is 36.7 Å². The first-order valence-corrected chi connectivity index (χ1v) is 5.22. The Morgan fingerprint density at radius 2 is 1.88 bits per heavy atom. The van der Waals surface area contributed by atoms with Crippen molar-refractivity contribution in [1.82, 2.24) is 5.32 Å². The Labute approximate surface area is 98.1 Å². The maximum absolute atomic E-state index is 11.7. The molecular formula is C10H17F2NO4. The van der Waals surface area contributed by atoms with E-state index in [0.29, 0.717) is 0 Å². The lowest BCUT2D eigenvalue weighted by Crippen LogP contribution is -2.37. The number of rotatable bonds is 8. The lowest BCUT2D eigenvalue weighted by molar-refractivity contribution is -0.146. The van der Waals surface area contributed by atoms with Gasteiger partial charge in [0.25, 0.3) is 6.43 Å². The maximum atomic E-state index is 11.7. The fraction of sp³-hybridized carbons (Fsp3) is 0.800. The van der Waals surface area contributed by atoms with Crippen LogP contribution >= 0.6 is 0 Å². The van der Waals surface area contributed by atoms with Gasteiger partial charge >= 0.3 is 5.97 Å². The molecule has 0 spiro atoms. The zero-order chi connectivity index (χ0) is 13.4. The summed E-state index contributed by atoms with van der Waals surface area (Å²) < 4.78 is 27.9. The van der Waals surface area contributed by atoms with Crippen LogP contribution in [0.15, 0.2) is 0 Å². The van der Waals surface area contributed by atoms with Gasteiger partial charge in [0.05, 0.1) is 12.5 Å². The molecule has 0 aromatic heterocycles. The first-order valence-electron chi connectivity index (χ1n) is 5.22. The average Bonchev–Trinajstić information content (AvgIpc) is 2.25. The largest absolute Gasteiger partial charge is 0.481 e. The van der Waals surface area contributed by atoms with Gasteiger partial charge in [-0.25, -0.2) is 8.78 Å². The summed E-state index contributed by atoms with van der Waals surface area (Å²) in [6.07, 6.45) is -2.53. The molecule has 2 N–H and O–H groups in total. The smallest absolute Gasteiger partial charge is 0.307 e. The zero-order valence-electron chi connectivity index (χ0n) is 9.78. The van der Waals surface area contributed by atoms with Crippen molar-refractivity contribution in [2.24, 2.45) is 11.8 Å². The standard InChI is InChI=1S/C10H17F2NO4/c1-6(7(2)10(15)16)9(14)13-3-4-17-5-8(11)12/h6-8H,3-5H2,1-2H3,(H,13,14)(H,15,16). The molecule has 100 valence electrons. The summed E-state index contributed by atoms with van der Waals surface area (Å²) >= 11 is 0. The molecular weight excluding hydrogens is 236 g/mol. The summed E-state index contributed by atoms with van der Waals surface area (Å²) in [5.74, 6) is -2.96. The van der Waals surface area contributed by atoms with Crippen LogP contribution in [0.25, 0.3) is 0 Å². The van der Waals surface area contributed by atoms with E-state index in [2.05, 4.69) is 10.1 Å². The Morgan fingerprint density at radius 3 is 2.35 bits per heavy atom. The molecule has 0 saturated heterocycles. The number of carbonyl (C=O) groups excluding carboxylic acids is 1.